The molecule has 20 heavy (non-hydrogen) atoms. The molecule has 0 spiro atoms. The predicted octanol–water partition coefficient (Wildman–Crippen LogP) is -0.881. The van der Waals surface area contributed by atoms with Crippen LogP contribution in [0.5, 0.6) is 0 Å². The van der Waals surface area contributed by atoms with Crippen molar-refractivity contribution >= 4 is 17.9 Å². The molecule has 114 valence electrons. The molecule has 1 heterocycles. The van der Waals surface area contributed by atoms with E-state index in [1.54, 1.807) is 0 Å². The van der Waals surface area contributed by atoms with Gasteiger partial charge in [0.15, 0.2) is 0 Å². The van der Waals surface area contributed by atoms with Crippen molar-refractivity contribution < 1.29 is 24.6 Å². The van der Waals surface area contributed by atoms with E-state index < -0.39 is 23.9 Å². The first-order valence-electron chi connectivity index (χ1n) is 6.61. The molecular weight excluding hydrogens is 266 g/mol. The standard InChI is InChI=1S/C12H21N3O5/c13-10(17)2-1-9(11(18)19)14-12(20)15-5-3-8(7-16)4-6-15/h8-9,16H,1-7H2,(H2,13,17)(H,14,20)(H,18,19)/t9-/m1/s1. The number of hydrogen-bond donors (Lipinski definition) is 4. The van der Waals surface area contributed by atoms with Gasteiger partial charge >= 0.3 is 12.0 Å². The molecule has 0 saturated carbocycles. The van der Waals surface area contributed by atoms with Crippen LogP contribution in [0, 0.1) is 5.92 Å². The predicted molar refractivity (Wildman–Crippen MR) is 69.8 cm³/mol. The molecule has 1 saturated heterocycles. The summed E-state index contributed by atoms with van der Waals surface area (Å²) in [5, 5.41) is 20.4. The van der Waals surface area contributed by atoms with Gasteiger partial charge in [0.2, 0.25) is 5.91 Å². The summed E-state index contributed by atoms with van der Waals surface area (Å²) in [6.45, 7) is 1.07. The van der Waals surface area contributed by atoms with E-state index in [9.17, 15) is 14.4 Å². The molecule has 1 aliphatic rings. The number of likely N-dealkylation sites (tertiary alicyclic amines) is 1. The van der Waals surface area contributed by atoms with Gasteiger partial charge in [0.05, 0.1) is 0 Å². The number of carboxylic acids is 1. The van der Waals surface area contributed by atoms with Crippen LogP contribution in [0.15, 0.2) is 0 Å². The highest BCUT2D eigenvalue weighted by Crippen LogP contribution is 2.16. The quantitative estimate of drug-likeness (QED) is 0.503. The molecule has 0 aromatic carbocycles. The number of nitrogens with two attached hydrogens (primary N) is 1. The van der Waals surface area contributed by atoms with Crippen molar-refractivity contribution in [1.29, 1.82) is 0 Å². The topological polar surface area (TPSA) is 133 Å². The zero-order valence-electron chi connectivity index (χ0n) is 11.2. The lowest BCUT2D eigenvalue weighted by molar-refractivity contribution is -0.139. The van der Waals surface area contributed by atoms with E-state index in [-0.39, 0.29) is 25.4 Å². The van der Waals surface area contributed by atoms with E-state index in [0.29, 0.717) is 25.9 Å². The fraction of sp³-hybridized carbons (Fsp3) is 0.750. The van der Waals surface area contributed by atoms with Crippen molar-refractivity contribution in [3.8, 4) is 0 Å². The number of carbonyl (C=O) groups is 3. The van der Waals surface area contributed by atoms with Crippen LogP contribution in [-0.4, -0.2) is 58.8 Å². The minimum atomic E-state index is -1.19. The lowest BCUT2D eigenvalue weighted by Gasteiger charge is -2.32. The Balaban J connectivity index is 2.45. The maximum atomic E-state index is 11.9. The summed E-state index contributed by atoms with van der Waals surface area (Å²) in [6.07, 6.45) is 1.28. The van der Waals surface area contributed by atoms with E-state index in [1.165, 1.54) is 4.90 Å². The fourth-order valence-corrected chi connectivity index (χ4v) is 2.10. The highest BCUT2D eigenvalue weighted by Gasteiger charge is 2.26. The number of carbonyl (C=O) groups excluding carboxylic acids is 2. The Morgan fingerprint density at radius 3 is 2.35 bits per heavy atom. The molecule has 0 aromatic rings. The third-order valence-electron chi connectivity index (χ3n) is 3.44. The van der Waals surface area contributed by atoms with Crippen molar-refractivity contribution in [1.82, 2.24) is 10.2 Å². The smallest absolute Gasteiger partial charge is 0.326 e. The SMILES string of the molecule is NC(=O)CC[C@@H](NC(=O)N1CCC(CO)CC1)C(=O)O. The summed E-state index contributed by atoms with van der Waals surface area (Å²) in [7, 11) is 0. The first kappa shape index (κ1) is 16.2. The molecule has 0 unspecified atom stereocenters. The van der Waals surface area contributed by atoms with Gasteiger partial charge in [-0.15, -0.1) is 0 Å². The molecule has 1 fully saturated rings. The maximum absolute atomic E-state index is 11.9. The van der Waals surface area contributed by atoms with Gasteiger partial charge < -0.3 is 26.2 Å². The second-order valence-electron chi connectivity index (χ2n) is 4.96. The van der Waals surface area contributed by atoms with Crippen molar-refractivity contribution in [2.45, 2.75) is 31.7 Å². The summed E-state index contributed by atoms with van der Waals surface area (Å²) < 4.78 is 0. The Kier molecular flexibility index (Phi) is 6.23. The molecule has 5 N–H and O–H groups in total. The van der Waals surface area contributed by atoms with Crippen LogP contribution < -0.4 is 11.1 Å². The molecule has 0 radical (unpaired) electrons. The monoisotopic (exact) mass is 287 g/mol. The number of hydrogen-bond acceptors (Lipinski definition) is 4. The second-order valence-corrected chi connectivity index (χ2v) is 4.96. The summed E-state index contributed by atoms with van der Waals surface area (Å²) >= 11 is 0. The maximum Gasteiger partial charge on any atom is 0.326 e. The highest BCUT2D eigenvalue weighted by molar-refractivity contribution is 5.83. The zero-order chi connectivity index (χ0) is 15.1. The molecule has 8 nitrogen and oxygen atoms in total. The van der Waals surface area contributed by atoms with Gasteiger partial charge in [-0.2, -0.15) is 0 Å². The van der Waals surface area contributed by atoms with Gasteiger partial charge in [-0.3, -0.25) is 4.79 Å². The van der Waals surface area contributed by atoms with E-state index in [0.717, 1.165) is 0 Å². The number of rotatable bonds is 6. The van der Waals surface area contributed by atoms with Crippen molar-refractivity contribution in [3.05, 3.63) is 0 Å². The third-order valence-corrected chi connectivity index (χ3v) is 3.44. The Labute approximate surface area is 116 Å². The largest absolute Gasteiger partial charge is 0.480 e. The van der Waals surface area contributed by atoms with Crippen LogP contribution in [0.3, 0.4) is 0 Å². The van der Waals surface area contributed by atoms with Crippen LogP contribution in [0.1, 0.15) is 25.7 Å². The van der Waals surface area contributed by atoms with Crippen LogP contribution in [0.4, 0.5) is 4.79 Å². The van der Waals surface area contributed by atoms with Gasteiger partial charge in [0.25, 0.3) is 0 Å². The van der Waals surface area contributed by atoms with Gasteiger partial charge in [-0.1, -0.05) is 0 Å². The van der Waals surface area contributed by atoms with Crippen LogP contribution in [0.25, 0.3) is 0 Å². The lowest BCUT2D eigenvalue weighted by Crippen LogP contribution is -2.50. The van der Waals surface area contributed by atoms with Crippen LogP contribution in [-0.2, 0) is 9.59 Å². The minimum absolute atomic E-state index is 0.0243. The summed E-state index contributed by atoms with van der Waals surface area (Å²) in [6, 6.07) is -1.58. The molecule has 1 aliphatic heterocycles. The minimum Gasteiger partial charge on any atom is -0.480 e. The van der Waals surface area contributed by atoms with Gasteiger partial charge in [0, 0.05) is 26.1 Å². The molecule has 0 aromatic heterocycles. The van der Waals surface area contributed by atoms with Crippen molar-refractivity contribution in [2.24, 2.45) is 11.7 Å². The van der Waals surface area contributed by atoms with Crippen molar-refractivity contribution in [3.63, 3.8) is 0 Å². The number of primary amides is 1. The molecule has 1 rings (SSSR count). The highest BCUT2D eigenvalue weighted by atomic mass is 16.4. The molecular formula is C12H21N3O5. The Morgan fingerprint density at radius 2 is 1.90 bits per heavy atom. The number of amides is 3. The molecule has 8 heteroatoms. The number of aliphatic carboxylic acids is 1. The van der Waals surface area contributed by atoms with E-state index >= 15 is 0 Å². The van der Waals surface area contributed by atoms with Crippen LogP contribution >= 0.6 is 0 Å². The number of aliphatic hydroxyl groups excluding tert-OH is 1. The average molecular weight is 287 g/mol. The molecule has 0 bridgehead atoms. The Bertz CT molecular complexity index is 366. The summed E-state index contributed by atoms with van der Waals surface area (Å²) in [5.74, 6) is -1.59. The number of urea groups is 1. The second kappa shape index (κ2) is 7.68. The number of aliphatic hydroxyl groups is 1. The third kappa shape index (κ3) is 5.04. The van der Waals surface area contributed by atoms with Crippen LogP contribution in [0.2, 0.25) is 0 Å². The van der Waals surface area contributed by atoms with E-state index in [4.69, 9.17) is 15.9 Å². The number of carboxylic acid groups (broad SMARTS) is 1. The van der Waals surface area contributed by atoms with Crippen molar-refractivity contribution in [2.75, 3.05) is 19.7 Å². The number of piperidine rings is 1. The fourth-order valence-electron chi connectivity index (χ4n) is 2.10. The van der Waals surface area contributed by atoms with E-state index in [2.05, 4.69) is 5.32 Å². The normalized spacial score (nSPS) is 17.6. The van der Waals surface area contributed by atoms with Gasteiger partial charge in [0.1, 0.15) is 6.04 Å². The van der Waals surface area contributed by atoms with Gasteiger partial charge in [-0.25, -0.2) is 9.59 Å². The average Bonchev–Trinajstić information content (AvgIpc) is 2.42. The first-order valence-corrected chi connectivity index (χ1v) is 6.61. The Morgan fingerprint density at radius 1 is 1.30 bits per heavy atom. The molecule has 1 atom stereocenters. The van der Waals surface area contributed by atoms with Gasteiger partial charge in [-0.05, 0) is 25.2 Å². The van der Waals surface area contributed by atoms with E-state index in [1.807, 2.05) is 0 Å². The summed E-state index contributed by atoms with van der Waals surface area (Å²) in [5.41, 5.74) is 4.97. The first-order chi connectivity index (χ1) is 9.43. The lowest BCUT2D eigenvalue weighted by atomic mass is 9.98. The number of nitrogens with one attached hydrogen (secondary N) is 1. The zero-order valence-corrected chi connectivity index (χ0v) is 11.2. The Hall–Kier alpha value is -1.83. The molecule has 0 aliphatic carbocycles. The molecule has 3 amide bonds. The summed E-state index contributed by atoms with van der Waals surface area (Å²) in [4.78, 5) is 35.1. The number of nitrogens with zero attached hydrogens (tertiary/aromatic N) is 1.